The van der Waals surface area contributed by atoms with Gasteiger partial charge in [0.15, 0.2) is 0 Å². The second-order valence-corrected chi connectivity index (χ2v) is 6.84. The van der Waals surface area contributed by atoms with Crippen LogP contribution in [0.15, 0.2) is 12.7 Å². The zero-order chi connectivity index (χ0) is 25.8. The topological polar surface area (TPSA) is 20.3 Å². The summed E-state index contributed by atoms with van der Waals surface area (Å²) in [6, 6.07) is 0. The molecular formula is C17H20F13NO. The fourth-order valence-electron chi connectivity index (χ4n) is 2.42. The first kappa shape index (κ1) is 30.3. The summed E-state index contributed by atoms with van der Waals surface area (Å²) in [7, 11) is 0. The molecule has 0 aromatic carbocycles. The van der Waals surface area contributed by atoms with Crippen molar-refractivity contribution in [1.82, 2.24) is 4.90 Å². The number of rotatable bonds is 13. The van der Waals surface area contributed by atoms with Gasteiger partial charge in [-0.15, -0.1) is 0 Å². The minimum absolute atomic E-state index is 0.102. The van der Waals surface area contributed by atoms with E-state index in [9.17, 15) is 61.9 Å². The van der Waals surface area contributed by atoms with Crippen molar-refractivity contribution in [3.8, 4) is 0 Å². The lowest BCUT2D eigenvalue weighted by molar-refractivity contribution is -0.440. The Morgan fingerprint density at radius 2 is 1.16 bits per heavy atom. The van der Waals surface area contributed by atoms with E-state index in [1.165, 1.54) is 0 Å². The maximum Gasteiger partial charge on any atom is 0.460 e. The molecule has 0 aromatic heterocycles. The van der Waals surface area contributed by atoms with Crippen LogP contribution in [0.25, 0.3) is 0 Å². The lowest BCUT2D eigenvalue weighted by atomic mass is 9.91. The minimum Gasteiger partial charge on any atom is -0.339 e. The number of carbonyl (C=O) groups is 1. The first-order valence-corrected chi connectivity index (χ1v) is 9.02. The molecule has 0 unspecified atom stereocenters. The van der Waals surface area contributed by atoms with E-state index in [0.717, 1.165) is 11.0 Å². The number of amides is 1. The van der Waals surface area contributed by atoms with Crippen LogP contribution in [0.1, 0.15) is 39.0 Å². The summed E-state index contributed by atoms with van der Waals surface area (Å²) in [6.45, 7) is 4.66. The third kappa shape index (κ3) is 5.61. The van der Waals surface area contributed by atoms with Crippen LogP contribution in [-0.2, 0) is 4.79 Å². The fourth-order valence-corrected chi connectivity index (χ4v) is 2.42. The molecule has 190 valence electrons. The van der Waals surface area contributed by atoms with Gasteiger partial charge in [0.05, 0.1) is 0 Å². The highest BCUT2D eigenvalue weighted by atomic mass is 19.4. The van der Waals surface area contributed by atoms with Crippen LogP contribution in [0.3, 0.4) is 0 Å². The molecule has 0 fully saturated rings. The van der Waals surface area contributed by atoms with Crippen molar-refractivity contribution in [2.75, 3.05) is 13.1 Å². The highest BCUT2D eigenvalue weighted by Gasteiger charge is 2.90. The highest BCUT2D eigenvalue weighted by Crippen LogP contribution is 2.60. The maximum atomic E-state index is 13.7. The van der Waals surface area contributed by atoms with Gasteiger partial charge in [0.2, 0.25) is 5.91 Å². The van der Waals surface area contributed by atoms with Crippen molar-refractivity contribution in [2.24, 2.45) is 0 Å². The molecule has 32 heavy (non-hydrogen) atoms. The summed E-state index contributed by atoms with van der Waals surface area (Å²) in [5, 5.41) is 0. The molecule has 0 aliphatic carbocycles. The van der Waals surface area contributed by atoms with Gasteiger partial charge in [0.25, 0.3) is 0 Å². The fraction of sp³-hybridized carbons (Fsp3) is 0.824. The van der Waals surface area contributed by atoms with Gasteiger partial charge >= 0.3 is 35.8 Å². The molecule has 0 atom stereocenters. The SMILES string of the molecule is C=CC(=O)N(CCCC)CCCCC(F)(F)C(F)(F)C(F)(F)C(F)(F)C(F)(F)C(F)(F)F. The summed E-state index contributed by atoms with van der Waals surface area (Å²) >= 11 is 0. The number of unbranched alkanes of at least 4 members (excludes halogenated alkanes) is 2. The van der Waals surface area contributed by atoms with E-state index < -0.39 is 61.0 Å². The Kier molecular flexibility index (Phi) is 9.52. The Balaban J connectivity index is 5.51. The van der Waals surface area contributed by atoms with Crippen LogP contribution < -0.4 is 0 Å². The molecule has 1 amide bonds. The number of hydrogen-bond donors (Lipinski definition) is 0. The predicted octanol–water partition coefficient (Wildman–Crippen LogP) is 6.71. The summed E-state index contributed by atoms with van der Waals surface area (Å²) in [5.74, 6) is -37.4. The minimum atomic E-state index is -7.89. The summed E-state index contributed by atoms with van der Waals surface area (Å²) < 4.78 is 169. The zero-order valence-electron chi connectivity index (χ0n) is 16.5. The normalized spacial score (nSPS) is 14.4. The zero-order valence-corrected chi connectivity index (χ0v) is 16.5. The molecule has 15 heteroatoms. The Morgan fingerprint density at radius 3 is 1.56 bits per heavy atom. The number of nitrogens with zero attached hydrogens (tertiary/aromatic N) is 1. The lowest BCUT2D eigenvalue weighted by Crippen LogP contribution is -2.70. The van der Waals surface area contributed by atoms with Crippen molar-refractivity contribution < 1.29 is 61.9 Å². The molecule has 0 heterocycles. The van der Waals surface area contributed by atoms with E-state index in [1.54, 1.807) is 6.92 Å². The van der Waals surface area contributed by atoms with Crippen molar-refractivity contribution in [2.45, 2.75) is 74.8 Å². The van der Waals surface area contributed by atoms with Gasteiger partial charge in [-0.3, -0.25) is 4.79 Å². The first-order valence-electron chi connectivity index (χ1n) is 9.02. The molecule has 0 radical (unpaired) electrons. The molecule has 0 aliphatic rings. The van der Waals surface area contributed by atoms with Gasteiger partial charge in [-0.2, -0.15) is 57.1 Å². The molecule has 0 aliphatic heterocycles. The quantitative estimate of drug-likeness (QED) is 0.156. The van der Waals surface area contributed by atoms with Gasteiger partial charge in [-0.25, -0.2) is 0 Å². The monoisotopic (exact) mass is 501 g/mol. The van der Waals surface area contributed by atoms with E-state index in [1.807, 2.05) is 0 Å². The number of halogens is 13. The van der Waals surface area contributed by atoms with Gasteiger partial charge in [-0.1, -0.05) is 19.9 Å². The second-order valence-electron chi connectivity index (χ2n) is 6.84. The van der Waals surface area contributed by atoms with Gasteiger partial charge < -0.3 is 4.90 Å². The number of carbonyl (C=O) groups excluding carboxylic acids is 1. The van der Waals surface area contributed by atoms with Crippen molar-refractivity contribution in [3.63, 3.8) is 0 Å². The summed E-state index contributed by atoms with van der Waals surface area (Å²) in [6.07, 6.45) is -9.39. The van der Waals surface area contributed by atoms with Gasteiger partial charge in [0.1, 0.15) is 0 Å². The molecule has 0 saturated carbocycles. The molecule has 0 saturated heterocycles. The van der Waals surface area contributed by atoms with Gasteiger partial charge in [0, 0.05) is 19.5 Å². The molecule has 0 aromatic rings. The van der Waals surface area contributed by atoms with E-state index in [4.69, 9.17) is 0 Å². The van der Waals surface area contributed by atoms with Crippen molar-refractivity contribution >= 4 is 5.91 Å². The van der Waals surface area contributed by atoms with Crippen molar-refractivity contribution in [1.29, 1.82) is 0 Å². The van der Waals surface area contributed by atoms with Crippen LogP contribution in [0.2, 0.25) is 0 Å². The number of alkyl halides is 13. The van der Waals surface area contributed by atoms with Crippen LogP contribution >= 0.6 is 0 Å². The van der Waals surface area contributed by atoms with Crippen molar-refractivity contribution in [3.05, 3.63) is 12.7 Å². The third-order valence-corrected chi connectivity index (χ3v) is 4.44. The summed E-state index contributed by atoms with van der Waals surface area (Å²) in [5.41, 5.74) is 0. The van der Waals surface area contributed by atoms with Crippen LogP contribution in [0.4, 0.5) is 57.1 Å². The highest BCUT2D eigenvalue weighted by molar-refractivity contribution is 5.86. The molecule has 0 rings (SSSR count). The molecular weight excluding hydrogens is 481 g/mol. The van der Waals surface area contributed by atoms with E-state index in [-0.39, 0.29) is 13.1 Å². The molecule has 0 bridgehead atoms. The Labute approximate surface area is 174 Å². The smallest absolute Gasteiger partial charge is 0.339 e. The molecule has 0 spiro atoms. The number of hydrogen-bond acceptors (Lipinski definition) is 1. The lowest BCUT2D eigenvalue weighted by Gasteiger charge is -2.39. The Bertz CT molecular complexity index is 643. The largest absolute Gasteiger partial charge is 0.460 e. The standard InChI is InChI=1S/C17H20F13NO/c1-3-5-9-31(11(32)4-2)10-7-6-8-12(18,19)13(20,21)14(22,23)15(24,25)16(26,27)17(28,29)30/h4H,2-3,5-10H2,1H3. The third-order valence-electron chi connectivity index (χ3n) is 4.44. The summed E-state index contributed by atoms with van der Waals surface area (Å²) in [4.78, 5) is 12.6. The van der Waals surface area contributed by atoms with E-state index in [2.05, 4.69) is 6.58 Å². The molecule has 0 N–H and O–H groups in total. The predicted molar refractivity (Wildman–Crippen MR) is 86.3 cm³/mol. The Hall–Kier alpha value is -1.70. The average molecular weight is 501 g/mol. The maximum absolute atomic E-state index is 13.7. The average Bonchev–Trinajstić information content (AvgIpc) is 2.65. The second kappa shape index (κ2) is 10.1. The van der Waals surface area contributed by atoms with E-state index in [0.29, 0.717) is 12.8 Å². The van der Waals surface area contributed by atoms with Gasteiger partial charge in [-0.05, 0) is 25.3 Å². The van der Waals surface area contributed by atoms with Crippen LogP contribution in [0.5, 0.6) is 0 Å². The van der Waals surface area contributed by atoms with E-state index >= 15 is 0 Å². The van der Waals surface area contributed by atoms with Crippen LogP contribution in [-0.4, -0.2) is 59.7 Å². The Morgan fingerprint density at radius 1 is 0.719 bits per heavy atom. The molecule has 2 nitrogen and oxygen atoms in total. The first-order chi connectivity index (χ1) is 14.2. The van der Waals surface area contributed by atoms with Crippen LogP contribution in [0, 0.1) is 0 Å².